The number of carbonyl (C=O) groups excluding carboxylic acids is 2. The van der Waals surface area contributed by atoms with Crippen molar-refractivity contribution in [2.75, 3.05) is 21.2 Å². The van der Waals surface area contributed by atoms with Gasteiger partial charge in [0.05, 0.1) is 13.5 Å². The van der Waals surface area contributed by atoms with Crippen molar-refractivity contribution in [1.29, 1.82) is 0 Å². The number of allylic oxidation sites excluding steroid dienone is 1. The van der Waals surface area contributed by atoms with Crippen LogP contribution in [-0.2, 0) is 14.3 Å². The molecule has 1 spiro atoms. The van der Waals surface area contributed by atoms with Crippen LogP contribution in [0.5, 0.6) is 0 Å². The molecule has 0 radical (unpaired) electrons. The molecule has 1 aliphatic carbocycles. The van der Waals surface area contributed by atoms with E-state index in [1.165, 1.54) is 7.11 Å². The second-order valence-corrected chi connectivity index (χ2v) is 4.72. The summed E-state index contributed by atoms with van der Waals surface area (Å²) in [6.07, 6.45) is 5.90. The Labute approximate surface area is 106 Å². The Balaban J connectivity index is 2.48. The number of carbonyl (C=O) groups is 2. The highest BCUT2D eigenvalue weighted by Crippen LogP contribution is 2.40. The van der Waals surface area contributed by atoms with Gasteiger partial charge < -0.3 is 9.64 Å². The number of amides is 1. The van der Waals surface area contributed by atoms with Crippen molar-refractivity contribution in [2.45, 2.75) is 12.8 Å². The molecule has 5 nitrogen and oxygen atoms in total. The van der Waals surface area contributed by atoms with Crippen LogP contribution < -0.4 is 0 Å². The normalized spacial score (nSPS) is 29.1. The lowest BCUT2D eigenvalue weighted by Gasteiger charge is -2.33. The number of aliphatic imine (C=N–C) groups is 1. The third-order valence-corrected chi connectivity index (χ3v) is 3.10. The molecule has 0 N–H and O–H groups in total. The third kappa shape index (κ3) is 1.85. The topological polar surface area (TPSA) is 59.0 Å². The lowest BCUT2D eigenvalue weighted by Crippen LogP contribution is -2.42. The van der Waals surface area contributed by atoms with Gasteiger partial charge in [-0.3, -0.25) is 9.59 Å². The fourth-order valence-electron chi connectivity index (χ4n) is 2.20. The zero-order valence-electron chi connectivity index (χ0n) is 10.8. The summed E-state index contributed by atoms with van der Waals surface area (Å²) in [7, 11) is 5.07. The minimum Gasteiger partial charge on any atom is -0.483 e. The molecule has 0 saturated heterocycles. The van der Waals surface area contributed by atoms with Gasteiger partial charge in [0.1, 0.15) is 5.41 Å². The zero-order valence-corrected chi connectivity index (χ0v) is 10.8. The van der Waals surface area contributed by atoms with Crippen molar-refractivity contribution in [3.8, 4) is 0 Å². The monoisotopic (exact) mass is 248 g/mol. The molecular weight excluding hydrogens is 232 g/mol. The van der Waals surface area contributed by atoms with Crippen molar-refractivity contribution in [2.24, 2.45) is 10.4 Å². The average Bonchev–Trinajstić information content (AvgIpc) is 2.33. The highest BCUT2D eigenvalue weighted by atomic mass is 16.5. The van der Waals surface area contributed by atoms with Gasteiger partial charge in [0.2, 0.25) is 5.90 Å². The van der Waals surface area contributed by atoms with E-state index in [0.29, 0.717) is 12.0 Å². The van der Waals surface area contributed by atoms with Crippen molar-refractivity contribution in [3.63, 3.8) is 0 Å². The summed E-state index contributed by atoms with van der Waals surface area (Å²) in [4.78, 5) is 29.9. The molecule has 0 aromatic rings. The molecule has 0 aromatic heterocycles. The molecule has 2 aliphatic rings. The molecule has 0 fully saturated rings. The Morgan fingerprint density at radius 2 is 2.11 bits per heavy atom. The van der Waals surface area contributed by atoms with E-state index in [4.69, 9.17) is 4.74 Å². The molecule has 1 amide bonds. The molecule has 1 aliphatic heterocycles. The number of ether oxygens (including phenoxy) is 1. The molecule has 5 heteroatoms. The van der Waals surface area contributed by atoms with Gasteiger partial charge in [0.25, 0.3) is 5.91 Å². The Morgan fingerprint density at radius 1 is 1.44 bits per heavy atom. The van der Waals surface area contributed by atoms with Gasteiger partial charge in [-0.15, -0.1) is 0 Å². The Morgan fingerprint density at radius 3 is 2.56 bits per heavy atom. The zero-order chi connectivity index (χ0) is 13.3. The summed E-state index contributed by atoms with van der Waals surface area (Å²) >= 11 is 0. The van der Waals surface area contributed by atoms with E-state index < -0.39 is 5.41 Å². The van der Waals surface area contributed by atoms with Crippen LogP contribution in [0.25, 0.3) is 0 Å². The maximum Gasteiger partial charge on any atom is 0.253 e. The second-order valence-electron chi connectivity index (χ2n) is 4.72. The van der Waals surface area contributed by atoms with E-state index in [1.807, 2.05) is 20.2 Å². The van der Waals surface area contributed by atoms with E-state index in [2.05, 4.69) is 4.99 Å². The smallest absolute Gasteiger partial charge is 0.253 e. The number of hydrogen-bond acceptors (Lipinski definition) is 4. The third-order valence-electron chi connectivity index (χ3n) is 3.10. The molecule has 2 rings (SSSR count). The number of Topliss-reactive ketones (excluding diaryl/α,β-unsaturated/α-hetero) is 1. The summed E-state index contributed by atoms with van der Waals surface area (Å²) in [5, 5.41) is 0. The molecule has 1 unspecified atom stereocenters. The largest absolute Gasteiger partial charge is 0.483 e. The van der Waals surface area contributed by atoms with E-state index in [0.717, 1.165) is 0 Å². The van der Waals surface area contributed by atoms with Crippen LogP contribution in [0, 0.1) is 5.41 Å². The SMILES string of the molecule is COC1=NC(=O)CC(=CN(C)C)C(=O)C12C=CC2. The summed E-state index contributed by atoms with van der Waals surface area (Å²) < 4.78 is 5.14. The van der Waals surface area contributed by atoms with Crippen LogP contribution in [0.4, 0.5) is 0 Å². The van der Waals surface area contributed by atoms with Gasteiger partial charge in [-0.05, 0) is 6.42 Å². The van der Waals surface area contributed by atoms with Gasteiger partial charge in [-0.1, -0.05) is 12.2 Å². The highest BCUT2D eigenvalue weighted by Gasteiger charge is 2.49. The molecule has 1 heterocycles. The number of ketones is 1. The minimum atomic E-state index is -0.858. The van der Waals surface area contributed by atoms with Crippen molar-refractivity contribution in [3.05, 3.63) is 23.9 Å². The Kier molecular flexibility index (Phi) is 3.07. The molecule has 0 saturated carbocycles. The van der Waals surface area contributed by atoms with E-state index in [9.17, 15) is 9.59 Å². The second kappa shape index (κ2) is 4.40. The lowest BCUT2D eigenvalue weighted by atomic mass is 9.70. The first-order valence-corrected chi connectivity index (χ1v) is 5.75. The maximum atomic E-state index is 12.5. The van der Waals surface area contributed by atoms with E-state index in [1.54, 1.807) is 17.2 Å². The Bertz CT molecular complexity index is 488. The maximum absolute atomic E-state index is 12.5. The quantitative estimate of drug-likeness (QED) is 0.511. The molecule has 0 aromatic carbocycles. The van der Waals surface area contributed by atoms with Crippen LogP contribution in [0.15, 0.2) is 28.9 Å². The molecule has 96 valence electrons. The first kappa shape index (κ1) is 12.5. The van der Waals surface area contributed by atoms with Crippen LogP contribution in [0.1, 0.15) is 12.8 Å². The van der Waals surface area contributed by atoms with Crippen molar-refractivity contribution in [1.82, 2.24) is 4.90 Å². The highest BCUT2D eigenvalue weighted by molar-refractivity contribution is 6.21. The first-order valence-electron chi connectivity index (χ1n) is 5.75. The van der Waals surface area contributed by atoms with Crippen LogP contribution in [-0.4, -0.2) is 43.7 Å². The minimum absolute atomic E-state index is 0.0272. The van der Waals surface area contributed by atoms with E-state index >= 15 is 0 Å². The van der Waals surface area contributed by atoms with Crippen LogP contribution >= 0.6 is 0 Å². The number of rotatable bonds is 1. The molecule has 18 heavy (non-hydrogen) atoms. The predicted octanol–water partition coefficient (Wildman–Crippen LogP) is 0.922. The number of nitrogens with zero attached hydrogens (tertiary/aromatic N) is 2. The van der Waals surface area contributed by atoms with Gasteiger partial charge in [-0.25, -0.2) is 0 Å². The summed E-state index contributed by atoms with van der Waals surface area (Å²) in [5.74, 6) is -0.224. The predicted molar refractivity (Wildman–Crippen MR) is 67.0 cm³/mol. The van der Waals surface area contributed by atoms with Crippen molar-refractivity contribution >= 4 is 17.6 Å². The fraction of sp³-hybridized carbons (Fsp3) is 0.462. The molecular formula is C13H16N2O3. The molecule has 0 bridgehead atoms. The van der Waals surface area contributed by atoms with Gasteiger partial charge in [0.15, 0.2) is 5.78 Å². The van der Waals surface area contributed by atoms with Gasteiger partial charge in [0, 0.05) is 25.9 Å². The standard InChI is InChI=1S/C13H16N2O3/c1-15(2)8-9-7-10(16)14-12(18-3)13(11(9)17)5-4-6-13/h4-5,8H,6-7H2,1-3H3. The fourth-order valence-corrected chi connectivity index (χ4v) is 2.20. The summed E-state index contributed by atoms with van der Waals surface area (Å²) in [5.41, 5.74) is -0.381. The van der Waals surface area contributed by atoms with Gasteiger partial charge in [-0.2, -0.15) is 4.99 Å². The van der Waals surface area contributed by atoms with Crippen LogP contribution in [0.2, 0.25) is 0 Å². The summed E-state index contributed by atoms with van der Waals surface area (Å²) in [6.45, 7) is 0. The number of hydrogen-bond donors (Lipinski definition) is 0. The number of methoxy groups -OCH3 is 1. The molecule has 1 atom stereocenters. The van der Waals surface area contributed by atoms with Gasteiger partial charge >= 0.3 is 0 Å². The summed E-state index contributed by atoms with van der Waals surface area (Å²) in [6, 6.07) is 0. The van der Waals surface area contributed by atoms with Crippen molar-refractivity contribution < 1.29 is 14.3 Å². The Hall–Kier alpha value is -1.91. The first-order chi connectivity index (χ1) is 8.49. The lowest BCUT2D eigenvalue weighted by molar-refractivity contribution is -0.122. The van der Waals surface area contributed by atoms with E-state index in [-0.39, 0.29) is 24.0 Å². The average molecular weight is 248 g/mol. The van der Waals surface area contributed by atoms with Crippen LogP contribution in [0.3, 0.4) is 0 Å².